The number of nitrogens with two attached hydrogens (primary N) is 1. The SMILES string of the molecule is Cc1ccc(S(=O)(=O)N(CCCC(=O)N[C@H](CC(=O)NCCCN)c2ccc3ccccc3c2)c2ccccc2)cc1. The standard InChI is InChI=1S/C33H38N4O4S/c1-25-14-18-30(19-15-25)42(40,41)37(29-11-3-2-4-12-29)22-7-13-32(38)36-31(24-33(39)35-21-8-20-34)28-17-16-26-9-5-6-10-27(26)23-28/h2-6,9-12,14-19,23,31H,7-8,13,20-22,24,34H2,1H3,(H,35,39)(H,36,38)/t31-/m1/s1. The lowest BCUT2D eigenvalue weighted by Crippen LogP contribution is -2.35. The van der Waals surface area contributed by atoms with Gasteiger partial charge in [0, 0.05) is 19.5 Å². The van der Waals surface area contributed by atoms with E-state index >= 15 is 0 Å². The van der Waals surface area contributed by atoms with E-state index in [2.05, 4.69) is 10.6 Å². The first-order valence-corrected chi connectivity index (χ1v) is 15.6. The van der Waals surface area contributed by atoms with Crippen molar-refractivity contribution in [2.75, 3.05) is 23.9 Å². The Kier molecular flexibility index (Phi) is 10.7. The molecule has 0 fully saturated rings. The van der Waals surface area contributed by atoms with Gasteiger partial charge in [-0.2, -0.15) is 0 Å². The van der Waals surface area contributed by atoms with Gasteiger partial charge in [0.1, 0.15) is 0 Å². The van der Waals surface area contributed by atoms with Crippen LogP contribution in [0.25, 0.3) is 10.8 Å². The molecule has 9 heteroatoms. The van der Waals surface area contributed by atoms with E-state index in [1.807, 2.05) is 55.5 Å². The molecule has 220 valence electrons. The van der Waals surface area contributed by atoms with Crippen molar-refractivity contribution >= 4 is 38.3 Å². The van der Waals surface area contributed by atoms with Crippen molar-refractivity contribution in [3.63, 3.8) is 0 Å². The molecule has 0 heterocycles. The molecule has 0 bridgehead atoms. The van der Waals surface area contributed by atoms with Gasteiger partial charge < -0.3 is 16.4 Å². The Morgan fingerprint density at radius 2 is 1.52 bits per heavy atom. The van der Waals surface area contributed by atoms with Gasteiger partial charge in [0.25, 0.3) is 10.0 Å². The Morgan fingerprint density at radius 1 is 0.833 bits per heavy atom. The lowest BCUT2D eigenvalue weighted by molar-refractivity contribution is -0.123. The fourth-order valence-corrected chi connectivity index (χ4v) is 6.24. The van der Waals surface area contributed by atoms with Crippen LogP contribution in [0.15, 0.2) is 102 Å². The fourth-order valence-electron chi connectivity index (χ4n) is 4.73. The van der Waals surface area contributed by atoms with Gasteiger partial charge in [-0.25, -0.2) is 8.42 Å². The minimum Gasteiger partial charge on any atom is -0.356 e. The number of benzene rings is 4. The van der Waals surface area contributed by atoms with E-state index in [1.54, 1.807) is 48.5 Å². The zero-order chi connectivity index (χ0) is 30.0. The fraction of sp³-hybridized carbons (Fsp3) is 0.273. The number of nitrogens with zero attached hydrogens (tertiary/aromatic N) is 1. The Balaban J connectivity index is 1.47. The maximum absolute atomic E-state index is 13.6. The molecule has 4 rings (SSSR count). The maximum atomic E-state index is 13.6. The Labute approximate surface area is 248 Å². The van der Waals surface area contributed by atoms with Crippen LogP contribution < -0.4 is 20.7 Å². The van der Waals surface area contributed by atoms with Crippen molar-refractivity contribution < 1.29 is 18.0 Å². The Bertz CT molecular complexity index is 1590. The molecule has 0 saturated heterocycles. The predicted octanol–water partition coefficient (Wildman–Crippen LogP) is 4.84. The molecule has 0 unspecified atom stereocenters. The monoisotopic (exact) mass is 586 g/mol. The van der Waals surface area contributed by atoms with Gasteiger partial charge in [-0.1, -0.05) is 72.3 Å². The summed E-state index contributed by atoms with van der Waals surface area (Å²) >= 11 is 0. The van der Waals surface area contributed by atoms with E-state index in [0.29, 0.717) is 31.6 Å². The van der Waals surface area contributed by atoms with E-state index in [9.17, 15) is 18.0 Å². The second-order valence-corrected chi connectivity index (χ2v) is 12.1. The molecule has 0 aliphatic carbocycles. The zero-order valence-electron chi connectivity index (χ0n) is 23.8. The lowest BCUT2D eigenvalue weighted by atomic mass is 9.99. The van der Waals surface area contributed by atoms with Crippen LogP contribution in [0.5, 0.6) is 0 Å². The van der Waals surface area contributed by atoms with Crippen molar-refractivity contribution in [3.8, 4) is 0 Å². The van der Waals surface area contributed by atoms with Crippen LogP contribution in [0.4, 0.5) is 5.69 Å². The number of nitrogens with one attached hydrogen (secondary N) is 2. The molecular weight excluding hydrogens is 548 g/mol. The first-order chi connectivity index (χ1) is 20.3. The van der Waals surface area contributed by atoms with E-state index in [4.69, 9.17) is 5.73 Å². The maximum Gasteiger partial charge on any atom is 0.264 e. The van der Waals surface area contributed by atoms with Gasteiger partial charge in [-0.3, -0.25) is 13.9 Å². The topological polar surface area (TPSA) is 122 Å². The molecule has 8 nitrogen and oxygen atoms in total. The number of rotatable bonds is 14. The smallest absolute Gasteiger partial charge is 0.264 e. The number of fused-ring (bicyclic) bond motifs is 1. The van der Waals surface area contributed by atoms with Crippen molar-refractivity contribution in [1.82, 2.24) is 10.6 Å². The molecule has 42 heavy (non-hydrogen) atoms. The van der Waals surface area contributed by atoms with Crippen molar-refractivity contribution in [3.05, 3.63) is 108 Å². The lowest BCUT2D eigenvalue weighted by Gasteiger charge is -2.25. The first-order valence-electron chi connectivity index (χ1n) is 14.2. The molecule has 4 aromatic carbocycles. The highest BCUT2D eigenvalue weighted by atomic mass is 32.2. The number of para-hydroxylation sites is 1. The molecule has 0 aromatic heterocycles. The van der Waals surface area contributed by atoms with Crippen LogP contribution in [-0.4, -0.2) is 39.9 Å². The van der Waals surface area contributed by atoms with E-state index in [1.165, 1.54) is 4.31 Å². The van der Waals surface area contributed by atoms with Crippen LogP contribution >= 0.6 is 0 Å². The molecule has 2 amide bonds. The number of hydrogen-bond donors (Lipinski definition) is 3. The number of sulfonamides is 1. The second kappa shape index (κ2) is 14.6. The van der Waals surface area contributed by atoms with E-state index < -0.39 is 16.1 Å². The predicted molar refractivity (Wildman–Crippen MR) is 168 cm³/mol. The molecule has 0 aliphatic rings. The summed E-state index contributed by atoms with van der Waals surface area (Å²) in [5.41, 5.74) is 7.86. The van der Waals surface area contributed by atoms with Crippen LogP contribution in [-0.2, 0) is 19.6 Å². The summed E-state index contributed by atoms with van der Waals surface area (Å²) in [6.07, 6.45) is 1.12. The van der Waals surface area contributed by atoms with Crippen LogP contribution in [0.1, 0.15) is 42.9 Å². The largest absolute Gasteiger partial charge is 0.356 e. The average Bonchev–Trinajstić information content (AvgIpc) is 2.99. The number of carbonyl (C=O) groups excluding carboxylic acids is 2. The third-order valence-electron chi connectivity index (χ3n) is 7.02. The van der Waals surface area contributed by atoms with Crippen LogP contribution in [0, 0.1) is 6.92 Å². The number of anilines is 1. The van der Waals surface area contributed by atoms with E-state index in [-0.39, 0.29) is 36.1 Å². The minimum atomic E-state index is -3.84. The van der Waals surface area contributed by atoms with Gasteiger partial charge in [-0.15, -0.1) is 0 Å². The molecule has 0 radical (unpaired) electrons. The quantitative estimate of drug-likeness (QED) is 0.183. The molecule has 0 spiro atoms. The highest BCUT2D eigenvalue weighted by Crippen LogP contribution is 2.25. The molecular formula is C33H38N4O4S. The third-order valence-corrected chi connectivity index (χ3v) is 8.86. The van der Waals surface area contributed by atoms with Crippen molar-refractivity contribution in [2.24, 2.45) is 5.73 Å². The van der Waals surface area contributed by atoms with Gasteiger partial charge >= 0.3 is 0 Å². The summed E-state index contributed by atoms with van der Waals surface area (Å²) in [5, 5.41) is 7.96. The average molecular weight is 587 g/mol. The van der Waals surface area contributed by atoms with Crippen molar-refractivity contribution in [2.45, 2.75) is 43.5 Å². The van der Waals surface area contributed by atoms with Crippen LogP contribution in [0.3, 0.4) is 0 Å². The summed E-state index contributed by atoms with van der Waals surface area (Å²) in [5.74, 6) is -0.440. The van der Waals surface area contributed by atoms with Gasteiger partial charge in [0.2, 0.25) is 11.8 Å². The zero-order valence-corrected chi connectivity index (χ0v) is 24.6. The molecule has 0 saturated carbocycles. The molecule has 4 N–H and O–H groups in total. The number of aryl methyl sites for hydroxylation is 1. The molecule has 4 aromatic rings. The number of hydrogen-bond acceptors (Lipinski definition) is 5. The normalized spacial score (nSPS) is 12.0. The van der Waals surface area contributed by atoms with E-state index in [0.717, 1.165) is 21.9 Å². The summed E-state index contributed by atoms with van der Waals surface area (Å²) in [6.45, 7) is 2.97. The highest BCUT2D eigenvalue weighted by molar-refractivity contribution is 7.92. The Hall–Kier alpha value is -4.21. The van der Waals surface area contributed by atoms with Gasteiger partial charge in [-0.05, 0) is 73.0 Å². The first kappa shape index (κ1) is 30.7. The minimum absolute atomic E-state index is 0.0760. The molecule has 0 aliphatic heterocycles. The summed E-state index contributed by atoms with van der Waals surface area (Å²) in [4.78, 5) is 26.1. The number of amides is 2. The second-order valence-electron chi connectivity index (χ2n) is 10.3. The summed E-state index contributed by atoms with van der Waals surface area (Å²) in [7, 11) is -3.84. The molecule has 1 atom stereocenters. The third kappa shape index (κ3) is 8.18. The van der Waals surface area contributed by atoms with Gasteiger partial charge in [0.05, 0.1) is 23.0 Å². The van der Waals surface area contributed by atoms with Crippen molar-refractivity contribution in [1.29, 1.82) is 0 Å². The summed E-state index contributed by atoms with van der Waals surface area (Å²) < 4.78 is 28.5. The number of carbonyl (C=O) groups is 2. The summed E-state index contributed by atoms with van der Waals surface area (Å²) in [6, 6.07) is 28.9. The van der Waals surface area contributed by atoms with Crippen LogP contribution in [0.2, 0.25) is 0 Å². The Morgan fingerprint density at radius 3 is 2.24 bits per heavy atom. The highest BCUT2D eigenvalue weighted by Gasteiger charge is 2.25. The van der Waals surface area contributed by atoms with Gasteiger partial charge in [0.15, 0.2) is 0 Å².